The number of rotatable bonds is 6. The van der Waals surface area contributed by atoms with Gasteiger partial charge in [0.25, 0.3) is 0 Å². The molecule has 140 valence electrons. The molecule has 1 fully saturated rings. The first-order valence-electron chi connectivity index (χ1n) is 9.41. The molecule has 3 rings (SSSR count). The molecule has 0 atom stereocenters. The fourth-order valence-electron chi connectivity index (χ4n) is 4.01. The first kappa shape index (κ1) is 18.8. The Kier molecular flexibility index (Phi) is 6.23. The van der Waals surface area contributed by atoms with Crippen LogP contribution in [-0.2, 0) is 0 Å². The van der Waals surface area contributed by atoms with Crippen LogP contribution in [0.15, 0.2) is 42.5 Å². The van der Waals surface area contributed by atoms with Gasteiger partial charge in [-0.2, -0.15) is 8.78 Å². The molecule has 26 heavy (non-hydrogen) atoms. The van der Waals surface area contributed by atoms with Crippen LogP contribution in [-0.4, -0.2) is 6.61 Å². The number of halogens is 3. The van der Waals surface area contributed by atoms with Crippen LogP contribution in [0.4, 0.5) is 13.2 Å². The third-order valence-electron chi connectivity index (χ3n) is 5.41. The van der Waals surface area contributed by atoms with Crippen molar-refractivity contribution in [1.29, 1.82) is 0 Å². The summed E-state index contributed by atoms with van der Waals surface area (Å²) in [6.07, 6.45) is 7.68. The molecule has 0 spiro atoms. The summed E-state index contributed by atoms with van der Waals surface area (Å²) < 4.78 is 42.5. The molecule has 0 saturated heterocycles. The predicted octanol–water partition coefficient (Wildman–Crippen LogP) is 7.17. The smallest absolute Gasteiger partial charge is 0.387 e. The van der Waals surface area contributed by atoms with E-state index in [1.807, 2.05) is 12.1 Å². The Bertz CT molecular complexity index is 704. The van der Waals surface area contributed by atoms with Crippen molar-refractivity contribution in [3.63, 3.8) is 0 Å². The van der Waals surface area contributed by atoms with Crippen molar-refractivity contribution in [2.75, 3.05) is 0 Å². The average molecular weight is 362 g/mol. The van der Waals surface area contributed by atoms with Crippen molar-refractivity contribution in [3.8, 4) is 16.9 Å². The minimum Gasteiger partial charge on any atom is -0.432 e. The van der Waals surface area contributed by atoms with Gasteiger partial charge in [-0.3, -0.25) is 0 Å². The second kappa shape index (κ2) is 8.61. The molecule has 0 unspecified atom stereocenters. The van der Waals surface area contributed by atoms with Crippen LogP contribution in [0.3, 0.4) is 0 Å². The van der Waals surface area contributed by atoms with Crippen LogP contribution < -0.4 is 4.74 Å². The van der Waals surface area contributed by atoms with Gasteiger partial charge in [-0.05, 0) is 66.3 Å². The summed E-state index contributed by atoms with van der Waals surface area (Å²) in [5, 5.41) is 0. The molecule has 0 heterocycles. The highest BCUT2D eigenvalue weighted by Gasteiger charge is 2.21. The van der Waals surface area contributed by atoms with Crippen LogP contribution in [0, 0.1) is 11.7 Å². The molecular weight excluding hydrogens is 337 g/mol. The molecule has 0 radical (unpaired) electrons. The van der Waals surface area contributed by atoms with Crippen LogP contribution in [0.1, 0.15) is 56.9 Å². The van der Waals surface area contributed by atoms with Gasteiger partial charge in [-0.15, -0.1) is 0 Å². The zero-order chi connectivity index (χ0) is 18.5. The first-order chi connectivity index (χ1) is 12.6. The lowest BCUT2D eigenvalue weighted by Gasteiger charge is -2.28. The molecule has 0 aromatic heterocycles. The van der Waals surface area contributed by atoms with E-state index in [0.717, 1.165) is 11.5 Å². The summed E-state index contributed by atoms with van der Waals surface area (Å²) in [5.41, 5.74) is 2.86. The highest BCUT2D eigenvalue weighted by atomic mass is 19.3. The van der Waals surface area contributed by atoms with Crippen LogP contribution in [0.5, 0.6) is 5.75 Å². The van der Waals surface area contributed by atoms with E-state index in [0.29, 0.717) is 11.5 Å². The van der Waals surface area contributed by atoms with Gasteiger partial charge in [0.1, 0.15) is 0 Å². The standard InChI is InChI=1S/C22H25F3O/c1-2-3-15-4-6-16(7-5-15)17-8-10-18(11-9-17)19-12-13-21(20(23)14-19)26-22(24)25/h8-16,22H,2-7H2,1H3. The van der Waals surface area contributed by atoms with E-state index in [9.17, 15) is 13.2 Å². The van der Waals surface area contributed by atoms with Gasteiger partial charge in [0.2, 0.25) is 0 Å². The minimum atomic E-state index is -3.03. The van der Waals surface area contributed by atoms with E-state index in [1.165, 1.54) is 56.2 Å². The van der Waals surface area contributed by atoms with E-state index in [2.05, 4.69) is 23.8 Å². The predicted molar refractivity (Wildman–Crippen MR) is 98.1 cm³/mol. The van der Waals surface area contributed by atoms with Crippen molar-refractivity contribution < 1.29 is 17.9 Å². The van der Waals surface area contributed by atoms with Gasteiger partial charge in [0, 0.05) is 0 Å². The Hall–Kier alpha value is -1.97. The summed E-state index contributed by atoms with van der Waals surface area (Å²) in [6, 6.07) is 12.3. The Morgan fingerprint density at radius 3 is 2.19 bits per heavy atom. The molecular formula is C22H25F3O. The van der Waals surface area contributed by atoms with Gasteiger partial charge in [-0.1, -0.05) is 50.1 Å². The number of ether oxygens (including phenoxy) is 1. The molecule has 0 amide bonds. The Labute approximate surface area is 153 Å². The molecule has 0 aliphatic heterocycles. The number of hydrogen-bond acceptors (Lipinski definition) is 1. The highest BCUT2D eigenvalue weighted by molar-refractivity contribution is 5.64. The maximum Gasteiger partial charge on any atom is 0.387 e. The third-order valence-corrected chi connectivity index (χ3v) is 5.41. The summed E-state index contributed by atoms with van der Waals surface area (Å²) in [6.45, 7) is -0.776. The molecule has 4 heteroatoms. The van der Waals surface area contributed by atoms with E-state index in [4.69, 9.17) is 0 Å². The summed E-state index contributed by atoms with van der Waals surface area (Å²) in [4.78, 5) is 0. The molecule has 1 nitrogen and oxygen atoms in total. The molecule has 2 aromatic rings. The summed E-state index contributed by atoms with van der Waals surface area (Å²) in [5.74, 6) is 0.286. The summed E-state index contributed by atoms with van der Waals surface area (Å²) in [7, 11) is 0. The van der Waals surface area contributed by atoms with Crippen LogP contribution in [0.25, 0.3) is 11.1 Å². The molecule has 1 aliphatic rings. The Balaban J connectivity index is 1.67. The monoisotopic (exact) mass is 362 g/mol. The van der Waals surface area contributed by atoms with Crippen molar-refractivity contribution >= 4 is 0 Å². The maximum absolute atomic E-state index is 13.9. The maximum atomic E-state index is 13.9. The van der Waals surface area contributed by atoms with Crippen molar-refractivity contribution in [2.24, 2.45) is 5.92 Å². The lowest BCUT2D eigenvalue weighted by atomic mass is 9.77. The first-order valence-corrected chi connectivity index (χ1v) is 9.41. The van der Waals surface area contributed by atoms with Crippen molar-refractivity contribution in [1.82, 2.24) is 0 Å². The molecule has 1 saturated carbocycles. The Morgan fingerprint density at radius 1 is 0.962 bits per heavy atom. The second-order valence-corrected chi connectivity index (χ2v) is 7.15. The zero-order valence-corrected chi connectivity index (χ0v) is 15.1. The van der Waals surface area contributed by atoms with Crippen LogP contribution in [0.2, 0.25) is 0 Å². The van der Waals surface area contributed by atoms with E-state index in [-0.39, 0.29) is 0 Å². The Morgan fingerprint density at radius 2 is 1.62 bits per heavy atom. The van der Waals surface area contributed by atoms with Crippen molar-refractivity contribution in [2.45, 2.75) is 58.0 Å². The van der Waals surface area contributed by atoms with E-state index < -0.39 is 18.2 Å². The van der Waals surface area contributed by atoms with Gasteiger partial charge in [0.15, 0.2) is 11.6 Å². The zero-order valence-electron chi connectivity index (χ0n) is 15.1. The van der Waals surface area contributed by atoms with Crippen molar-refractivity contribution in [3.05, 3.63) is 53.8 Å². The van der Waals surface area contributed by atoms with Gasteiger partial charge in [0.05, 0.1) is 0 Å². The fourth-order valence-corrected chi connectivity index (χ4v) is 4.01. The van der Waals surface area contributed by atoms with Gasteiger partial charge < -0.3 is 4.74 Å². The SMILES string of the molecule is CCCC1CCC(c2ccc(-c3ccc(OC(F)F)c(F)c3)cc2)CC1. The highest BCUT2D eigenvalue weighted by Crippen LogP contribution is 2.38. The van der Waals surface area contributed by atoms with E-state index in [1.54, 1.807) is 6.07 Å². The quantitative estimate of drug-likeness (QED) is 0.529. The molecule has 0 N–H and O–H groups in total. The largest absolute Gasteiger partial charge is 0.432 e. The molecule has 0 bridgehead atoms. The fraction of sp³-hybridized carbons (Fsp3) is 0.455. The third kappa shape index (κ3) is 4.60. The molecule has 2 aromatic carbocycles. The number of benzene rings is 2. The lowest BCUT2D eigenvalue weighted by Crippen LogP contribution is -2.13. The topological polar surface area (TPSA) is 9.23 Å². The van der Waals surface area contributed by atoms with Gasteiger partial charge >= 0.3 is 6.61 Å². The molecule has 1 aliphatic carbocycles. The van der Waals surface area contributed by atoms with Crippen LogP contribution >= 0.6 is 0 Å². The average Bonchev–Trinajstić information content (AvgIpc) is 2.64. The minimum absolute atomic E-state index is 0.427. The summed E-state index contributed by atoms with van der Waals surface area (Å²) >= 11 is 0. The second-order valence-electron chi connectivity index (χ2n) is 7.15. The lowest BCUT2D eigenvalue weighted by molar-refractivity contribution is -0.0521. The van der Waals surface area contributed by atoms with Gasteiger partial charge in [-0.25, -0.2) is 4.39 Å². The number of hydrogen-bond donors (Lipinski definition) is 0. The van der Waals surface area contributed by atoms with E-state index >= 15 is 0 Å². The number of alkyl halides is 2. The normalized spacial score (nSPS) is 20.3.